The van der Waals surface area contributed by atoms with Crippen LogP contribution in [0.25, 0.3) is 0 Å². The summed E-state index contributed by atoms with van der Waals surface area (Å²) >= 11 is 0. The van der Waals surface area contributed by atoms with Crippen molar-refractivity contribution in [2.24, 2.45) is 0 Å². The quantitative estimate of drug-likeness (QED) is 0.0954. The Hall–Kier alpha value is -5.66. The highest BCUT2D eigenvalue weighted by molar-refractivity contribution is 7.80. The fourth-order valence-corrected chi connectivity index (χ4v) is 10.5. The van der Waals surface area contributed by atoms with Crippen molar-refractivity contribution in [1.82, 2.24) is 0 Å². The van der Waals surface area contributed by atoms with E-state index in [4.69, 9.17) is 9.47 Å². The van der Waals surface area contributed by atoms with Crippen molar-refractivity contribution >= 4 is 59.6 Å². The zero-order chi connectivity index (χ0) is 35.5. The normalized spacial score (nSPS) is 11.0. The Morgan fingerprint density at radius 3 is 0.942 bits per heavy atom. The average Bonchev–Trinajstić information content (AvgIpc) is 3.22. The van der Waals surface area contributed by atoms with Gasteiger partial charge in [-0.2, -0.15) is 0 Å². The summed E-state index contributed by atoms with van der Waals surface area (Å²) in [4.78, 5) is 26.1. The van der Waals surface area contributed by atoms with E-state index in [0.717, 1.165) is 11.1 Å². The maximum atomic E-state index is 13.0. The summed E-state index contributed by atoms with van der Waals surface area (Å²) in [6, 6.07) is 65.1. The number of hydrogen-bond acceptors (Lipinski definition) is 4. The highest BCUT2D eigenvalue weighted by atomic mass is 31.1. The van der Waals surface area contributed by atoms with E-state index in [1.807, 2.05) is 48.5 Å². The largest absolute Gasteiger partial charge is 0.457 e. The Balaban J connectivity index is 0.960. The number of ether oxygens (including phenoxy) is 2. The van der Waals surface area contributed by atoms with Gasteiger partial charge in [-0.25, -0.2) is 9.59 Å². The molecule has 0 aliphatic heterocycles. The maximum Gasteiger partial charge on any atom is 0.338 e. The average molecular weight is 715 g/mol. The molecular formula is C46H36O4P2. The molecule has 7 aromatic carbocycles. The molecule has 0 N–H and O–H groups in total. The first-order valence-electron chi connectivity index (χ1n) is 17.0. The molecule has 7 aromatic rings. The van der Waals surface area contributed by atoms with Crippen LogP contribution in [-0.4, -0.2) is 11.9 Å². The van der Waals surface area contributed by atoms with Gasteiger partial charge in [0, 0.05) is 0 Å². The molecule has 6 heteroatoms. The third-order valence-electron chi connectivity index (χ3n) is 8.52. The predicted molar refractivity (Wildman–Crippen MR) is 215 cm³/mol. The van der Waals surface area contributed by atoms with Crippen LogP contribution in [0, 0.1) is 0 Å². The summed E-state index contributed by atoms with van der Waals surface area (Å²) in [5.41, 5.74) is 2.36. The number of carbonyl (C=O) groups is 2. The minimum atomic E-state index is -0.718. The Morgan fingerprint density at radius 2 is 0.635 bits per heavy atom. The third-order valence-corrected chi connectivity index (χ3v) is 13.4. The van der Waals surface area contributed by atoms with E-state index in [1.54, 1.807) is 18.2 Å². The third kappa shape index (κ3) is 8.61. The first-order chi connectivity index (χ1) is 25.6. The highest BCUT2D eigenvalue weighted by Gasteiger charge is 2.18. The van der Waals surface area contributed by atoms with Crippen molar-refractivity contribution in [1.29, 1.82) is 0 Å². The van der Waals surface area contributed by atoms with Crippen LogP contribution in [0.1, 0.15) is 31.8 Å². The summed E-state index contributed by atoms with van der Waals surface area (Å²) in [6.45, 7) is 0.240. The number of esters is 2. The number of benzene rings is 7. The molecule has 0 saturated carbocycles. The molecule has 0 atom stereocenters. The van der Waals surface area contributed by atoms with Gasteiger partial charge in [0.05, 0.1) is 11.1 Å². The van der Waals surface area contributed by atoms with Crippen LogP contribution in [0.2, 0.25) is 0 Å². The second-order valence-corrected chi connectivity index (χ2v) is 16.5. The van der Waals surface area contributed by atoms with Gasteiger partial charge in [0.2, 0.25) is 0 Å². The van der Waals surface area contributed by atoms with Gasteiger partial charge in [0.15, 0.2) is 0 Å². The second kappa shape index (κ2) is 17.0. The molecule has 254 valence electrons. The van der Waals surface area contributed by atoms with Crippen molar-refractivity contribution in [3.63, 3.8) is 0 Å². The van der Waals surface area contributed by atoms with Gasteiger partial charge >= 0.3 is 11.9 Å². The van der Waals surface area contributed by atoms with Gasteiger partial charge in [0.25, 0.3) is 0 Å². The van der Waals surface area contributed by atoms with Crippen LogP contribution < -0.4 is 31.8 Å². The van der Waals surface area contributed by atoms with Crippen LogP contribution in [0.5, 0.6) is 0 Å². The highest BCUT2D eigenvalue weighted by Crippen LogP contribution is 2.33. The van der Waals surface area contributed by atoms with E-state index in [1.165, 1.54) is 37.9 Å². The molecule has 0 aromatic heterocycles. The summed E-state index contributed by atoms with van der Waals surface area (Å²) in [5.74, 6) is -1.00. The Bertz CT molecular complexity index is 1970. The molecule has 0 aliphatic carbocycles. The molecule has 0 aliphatic rings. The lowest BCUT2D eigenvalue weighted by atomic mass is 10.1. The SMILES string of the molecule is O=C(OCc1ccc(P(c2ccccc2)c2ccccc2)cc1)c1cccc(C(=O)OCc2ccc(P(c3ccccc3)c3ccccc3)cc2)c1. The second-order valence-electron chi connectivity index (χ2n) is 12.1. The van der Waals surface area contributed by atoms with Crippen molar-refractivity contribution in [3.05, 3.63) is 216 Å². The molecule has 52 heavy (non-hydrogen) atoms. The Labute approximate surface area is 307 Å². The van der Waals surface area contributed by atoms with Gasteiger partial charge in [-0.05, 0) is 77.0 Å². The van der Waals surface area contributed by atoms with Crippen molar-refractivity contribution in [2.45, 2.75) is 13.2 Å². The van der Waals surface area contributed by atoms with E-state index in [2.05, 4.69) is 121 Å². The van der Waals surface area contributed by atoms with Crippen molar-refractivity contribution < 1.29 is 19.1 Å². The molecule has 0 radical (unpaired) electrons. The fourth-order valence-electron chi connectivity index (χ4n) is 5.92. The maximum absolute atomic E-state index is 13.0. The van der Waals surface area contributed by atoms with Gasteiger partial charge in [-0.1, -0.05) is 176 Å². The lowest BCUT2D eigenvalue weighted by molar-refractivity contribution is 0.0470. The summed E-state index contributed by atoms with van der Waals surface area (Å²) in [7, 11) is -1.44. The molecule has 0 spiro atoms. The molecule has 4 nitrogen and oxygen atoms in total. The van der Waals surface area contributed by atoms with Crippen LogP contribution in [0.3, 0.4) is 0 Å². The lowest BCUT2D eigenvalue weighted by Gasteiger charge is -2.19. The summed E-state index contributed by atoms with van der Waals surface area (Å²) in [6.07, 6.45) is 0. The van der Waals surface area contributed by atoms with E-state index >= 15 is 0 Å². The molecule has 0 unspecified atom stereocenters. The van der Waals surface area contributed by atoms with Gasteiger partial charge in [-0.3, -0.25) is 0 Å². The molecule has 0 amide bonds. The molecule has 0 saturated heterocycles. The van der Waals surface area contributed by atoms with E-state index in [-0.39, 0.29) is 13.2 Å². The monoisotopic (exact) mass is 714 g/mol. The number of hydrogen-bond donors (Lipinski definition) is 0. The molecule has 7 rings (SSSR count). The first kappa shape index (κ1) is 34.8. The van der Waals surface area contributed by atoms with Crippen molar-refractivity contribution in [2.75, 3.05) is 0 Å². The zero-order valence-corrected chi connectivity index (χ0v) is 30.2. The zero-order valence-electron chi connectivity index (χ0n) is 28.4. The van der Waals surface area contributed by atoms with E-state index < -0.39 is 27.8 Å². The summed E-state index contributed by atoms with van der Waals surface area (Å²) < 4.78 is 11.3. The minimum Gasteiger partial charge on any atom is -0.457 e. The van der Waals surface area contributed by atoms with Crippen molar-refractivity contribution in [3.8, 4) is 0 Å². The Morgan fingerprint density at radius 1 is 0.346 bits per heavy atom. The van der Waals surface area contributed by atoms with Gasteiger partial charge < -0.3 is 9.47 Å². The lowest BCUT2D eigenvalue weighted by Crippen LogP contribution is -2.20. The Kier molecular flexibility index (Phi) is 11.4. The number of rotatable bonds is 12. The predicted octanol–water partition coefficient (Wildman–Crippen LogP) is 7.92. The molecule has 0 heterocycles. The molecule has 0 bridgehead atoms. The smallest absolute Gasteiger partial charge is 0.338 e. The molecular weight excluding hydrogens is 678 g/mol. The summed E-state index contributed by atoms with van der Waals surface area (Å²) in [5, 5.41) is 7.53. The molecule has 0 fully saturated rings. The van der Waals surface area contributed by atoms with Gasteiger partial charge in [-0.15, -0.1) is 0 Å². The first-order valence-corrected chi connectivity index (χ1v) is 19.7. The van der Waals surface area contributed by atoms with Crippen LogP contribution in [0.15, 0.2) is 194 Å². The minimum absolute atomic E-state index is 0.120. The van der Waals surface area contributed by atoms with Crippen LogP contribution in [-0.2, 0) is 22.7 Å². The fraction of sp³-hybridized carbons (Fsp3) is 0.0435. The van der Waals surface area contributed by atoms with Gasteiger partial charge in [0.1, 0.15) is 13.2 Å². The van der Waals surface area contributed by atoms with Crippen LogP contribution in [0.4, 0.5) is 0 Å². The number of carbonyl (C=O) groups excluding carboxylic acids is 2. The van der Waals surface area contributed by atoms with Crippen LogP contribution >= 0.6 is 15.8 Å². The topological polar surface area (TPSA) is 52.6 Å². The van der Waals surface area contributed by atoms with E-state index in [0.29, 0.717) is 11.1 Å². The van der Waals surface area contributed by atoms with E-state index in [9.17, 15) is 9.59 Å². The standard InChI is InChI=1S/C46H36O4P2/c47-45(49-33-35-24-28-43(29-25-35)51(39-16-5-1-6-17-39)40-18-7-2-8-19-40)37-14-13-15-38(32-37)46(48)50-34-36-26-30-44(31-27-36)52(41-20-9-3-10-21-41)42-22-11-4-12-23-42/h1-32H,33-34H2.